The molecule has 1 heterocycles. The summed E-state index contributed by atoms with van der Waals surface area (Å²) in [6, 6.07) is 0.380. The van der Waals surface area contributed by atoms with Crippen LogP contribution < -0.4 is 5.32 Å². The molecule has 0 radical (unpaired) electrons. The third-order valence-corrected chi connectivity index (χ3v) is 3.26. The molecule has 0 aliphatic rings. The highest BCUT2D eigenvalue weighted by molar-refractivity contribution is 7.09. The predicted octanol–water partition coefficient (Wildman–Crippen LogP) is 3.79. The van der Waals surface area contributed by atoms with E-state index in [9.17, 15) is 0 Å². The van der Waals surface area contributed by atoms with Crippen molar-refractivity contribution in [2.24, 2.45) is 5.41 Å². The van der Waals surface area contributed by atoms with Gasteiger partial charge in [0.1, 0.15) is 0 Å². The lowest BCUT2D eigenvalue weighted by Gasteiger charge is -2.15. The van der Waals surface area contributed by atoms with Gasteiger partial charge >= 0.3 is 0 Å². The maximum Gasteiger partial charge on any atom is 0.0934 e. The summed E-state index contributed by atoms with van der Waals surface area (Å²) >= 11 is 1.79. The van der Waals surface area contributed by atoms with E-state index in [1.165, 1.54) is 17.1 Å². The Balaban J connectivity index is 2.57. The number of hydrogen-bond donors (Lipinski definition) is 1. The molecule has 0 aromatic carbocycles. The number of hydrogen-bond acceptors (Lipinski definition) is 3. The third-order valence-electron chi connectivity index (χ3n) is 2.40. The lowest BCUT2D eigenvalue weighted by molar-refractivity contribution is 0.409. The molecule has 1 N–H and O–H groups in total. The second-order valence-corrected chi connectivity index (χ2v) is 6.52. The molecule has 1 aromatic heterocycles. The smallest absolute Gasteiger partial charge is 0.0934 e. The third kappa shape index (κ3) is 4.62. The zero-order valence-electron chi connectivity index (χ0n) is 11.1. The molecule has 0 aliphatic heterocycles. The van der Waals surface area contributed by atoms with E-state index >= 15 is 0 Å². The molecule has 92 valence electrons. The van der Waals surface area contributed by atoms with Gasteiger partial charge in [-0.3, -0.25) is 0 Å². The standard InChI is InChI=1S/C13H24N2S/c1-6-7-14-10(2)11-9-16-12(15-11)8-13(3,4)5/h9-10,14H,6-8H2,1-5H3. The van der Waals surface area contributed by atoms with Crippen molar-refractivity contribution in [2.45, 2.75) is 53.5 Å². The first-order valence-corrected chi connectivity index (χ1v) is 6.98. The van der Waals surface area contributed by atoms with E-state index in [0.717, 1.165) is 13.0 Å². The molecule has 0 saturated heterocycles. The van der Waals surface area contributed by atoms with E-state index in [-0.39, 0.29) is 0 Å². The minimum atomic E-state index is 0.329. The van der Waals surface area contributed by atoms with Crippen molar-refractivity contribution in [3.05, 3.63) is 16.1 Å². The number of nitrogens with one attached hydrogen (secondary N) is 1. The first kappa shape index (κ1) is 13.7. The minimum Gasteiger partial charge on any atom is -0.309 e. The minimum absolute atomic E-state index is 0.329. The monoisotopic (exact) mass is 240 g/mol. The lowest BCUT2D eigenvalue weighted by atomic mass is 9.93. The number of thiazole rings is 1. The van der Waals surface area contributed by atoms with Crippen LogP contribution in [0.15, 0.2) is 5.38 Å². The van der Waals surface area contributed by atoms with Gasteiger partial charge in [0.05, 0.1) is 10.7 Å². The SMILES string of the molecule is CCCNC(C)c1csc(CC(C)(C)C)n1. The van der Waals surface area contributed by atoms with Gasteiger partial charge in [-0.2, -0.15) is 0 Å². The van der Waals surface area contributed by atoms with E-state index in [4.69, 9.17) is 4.98 Å². The Kier molecular flexibility index (Phi) is 4.93. The van der Waals surface area contributed by atoms with Gasteiger partial charge in [-0.05, 0) is 25.3 Å². The molecule has 0 saturated carbocycles. The van der Waals surface area contributed by atoms with Crippen LogP contribution in [0, 0.1) is 5.41 Å². The van der Waals surface area contributed by atoms with Gasteiger partial charge < -0.3 is 5.32 Å². The highest BCUT2D eigenvalue weighted by Crippen LogP contribution is 2.24. The molecule has 0 bridgehead atoms. The molecule has 1 rings (SSSR count). The summed E-state index contributed by atoms with van der Waals surface area (Å²) in [4.78, 5) is 4.70. The normalized spacial score (nSPS) is 14.1. The molecule has 1 unspecified atom stereocenters. The average Bonchev–Trinajstić information content (AvgIpc) is 2.59. The number of nitrogens with zero attached hydrogens (tertiary/aromatic N) is 1. The van der Waals surface area contributed by atoms with Crippen LogP contribution in [0.3, 0.4) is 0 Å². The lowest BCUT2D eigenvalue weighted by Crippen LogP contribution is -2.19. The zero-order valence-corrected chi connectivity index (χ0v) is 11.9. The Hall–Kier alpha value is -0.410. The maximum atomic E-state index is 4.70. The van der Waals surface area contributed by atoms with E-state index in [1.54, 1.807) is 11.3 Å². The van der Waals surface area contributed by atoms with Crippen LogP contribution in [0.5, 0.6) is 0 Å². The van der Waals surface area contributed by atoms with Crippen molar-refractivity contribution >= 4 is 11.3 Å². The van der Waals surface area contributed by atoms with Crippen molar-refractivity contribution in [3.63, 3.8) is 0 Å². The fourth-order valence-electron chi connectivity index (χ4n) is 1.52. The molecule has 0 amide bonds. The van der Waals surface area contributed by atoms with Gasteiger partial charge in [-0.25, -0.2) is 4.98 Å². The summed E-state index contributed by atoms with van der Waals surface area (Å²) in [7, 11) is 0. The molecule has 16 heavy (non-hydrogen) atoms. The van der Waals surface area contributed by atoms with E-state index in [1.807, 2.05) is 0 Å². The van der Waals surface area contributed by atoms with Crippen LogP contribution in [-0.2, 0) is 6.42 Å². The van der Waals surface area contributed by atoms with Gasteiger partial charge in [0.25, 0.3) is 0 Å². The van der Waals surface area contributed by atoms with Crippen LogP contribution in [0.2, 0.25) is 0 Å². The quantitative estimate of drug-likeness (QED) is 0.847. The van der Waals surface area contributed by atoms with Crippen LogP contribution in [-0.4, -0.2) is 11.5 Å². The van der Waals surface area contributed by atoms with Crippen LogP contribution >= 0.6 is 11.3 Å². The van der Waals surface area contributed by atoms with Gasteiger partial charge in [0.2, 0.25) is 0 Å². The van der Waals surface area contributed by atoms with E-state index in [2.05, 4.69) is 45.3 Å². The Morgan fingerprint density at radius 1 is 1.44 bits per heavy atom. The van der Waals surface area contributed by atoms with Crippen molar-refractivity contribution in [3.8, 4) is 0 Å². The first-order chi connectivity index (χ1) is 7.42. The summed E-state index contributed by atoms with van der Waals surface area (Å²) in [5.74, 6) is 0. The highest BCUT2D eigenvalue weighted by Gasteiger charge is 2.15. The number of aromatic nitrogens is 1. The fourth-order valence-corrected chi connectivity index (χ4v) is 2.71. The highest BCUT2D eigenvalue weighted by atomic mass is 32.1. The van der Waals surface area contributed by atoms with Gasteiger partial charge in [-0.1, -0.05) is 27.7 Å². The zero-order chi connectivity index (χ0) is 12.2. The molecule has 0 spiro atoms. The first-order valence-electron chi connectivity index (χ1n) is 6.10. The van der Waals surface area contributed by atoms with Crippen molar-refractivity contribution in [1.29, 1.82) is 0 Å². The van der Waals surface area contributed by atoms with E-state index in [0.29, 0.717) is 11.5 Å². The largest absolute Gasteiger partial charge is 0.309 e. The van der Waals surface area contributed by atoms with Crippen molar-refractivity contribution in [2.75, 3.05) is 6.54 Å². The summed E-state index contributed by atoms with van der Waals surface area (Å²) in [5, 5.41) is 6.91. The Bertz CT molecular complexity index is 312. The van der Waals surface area contributed by atoms with Gasteiger partial charge in [0, 0.05) is 17.8 Å². The second kappa shape index (κ2) is 5.78. The molecule has 1 aromatic rings. The molecular weight excluding hydrogens is 216 g/mol. The van der Waals surface area contributed by atoms with Gasteiger partial charge in [0.15, 0.2) is 0 Å². The van der Waals surface area contributed by atoms with Crippen LogP contribution in [0.1, 0.15) is 57.8 Å². The topological polar surface area (TPSA) is 24.9 Å². The molecule has 2 nitrogen and oxygen atoms in total. The van der Waals surface area contributed by atoms with Crippen LogP contribution in [0.4, 0.5) is 0 Å². The average molecular weight is 240 g/mol. The molecule has 0 fully saturated rings. The van der Waals surface area contributed by atoms with Crippen molar-refractivity contribution in [1.82, 2.24) is 10.3 Å². The Morgan fingerprint density at radius 2 is 2.12 bits per heavy atom. The molecular formula is C13H24N2S. The molecule has 3 heteroatoms. The summed E-state index contributed by atoms with van der Waals surface area (Å²) in [5.41, 5.74) is 1.52. The Morgan fingerprint density at radius 3 is 2.69 bits per heavy atom. The summed E-state index contributed by atoms with van der Waals surface area (Å²) in [6.45, 7) is 12.2. The number of rotatable bonds is 5. The van der Waals surface area contributed by atoms with Crippen molar-refractivity contribution < 1.29 is 0 Å². The molecule has 1 atom stereocenters. The van der Waals surface area contributed by atoms with Gasteiger partial charge in [-0.15, -0.1) is 11.3 Å². The van der Waals surface area contributed by atoms with Crippen LogP contribution in [0.25, 0.3) is 0 Å². The maximum absolute atomic E-state index is 4.70. The predicted molar refractivity (Wildman–Crippen MR) is 72.0 cm³/mol. The fraction of sp³-hybridized carbons (Fsp3) is 0.769. The van der Waals surface area contributed by atoms with E-state index < -0.39 is 0 Å². The second-order valence-electron chi connectivity index (χ2n) is 5.58. The molecule has 0 aliphatic carbocycles. The summed E-state index contributed by atoms with van der Waals surface area (Å²) in [6.07, 6.45) is 2.24. The summed E-state index contributed by atoms with van der Waals surface area (Å²) < 4.78 is 0. The Labute approximate surface area is 103 Å².